The number of oxazole rings is 1. The summed E-state index contributed by atoms with van der Waals surface area (Å²) in [4.78, 5) is 16.2. The number of hydrogen-bond donors (Lipinski definition) is 0. The van der Waals surface area contributed by atoms with E-state index in [9.17, 15) is 4.79 Å². The van der Waals surface area contributed by atoms with Gasteiger partial charge < -0.3 is 9.15 Å². The smallest absolute Gasteiger partial charge is 0.226 e. The van der Waals surface area contributed by atoms with Crippen LogP contribution in [-0.2, 0) is 13.0 Å². The topological polar surface area (TPSA) is 52.3 Å². The SMILES string of the molecule is O=C1CCc2c(OCc3coc(-c4ccccc4)n3)cccc21. The molecule has 0 radical (unpaired) electrons. The van der Waals surface area contributed by atoms with E-state index >= 15 is 0 Å². The van der Waals surface area contributed by atoms with Crippen LogP contribution in [0.4, 0.5) is 0 Å². The Morgan fingerprint density at radius 2 is 1.91 bits per heavy atom. The zero-order valence-corrected chi connectivity index (χ0v) is 12.5. The van der Waals surface area contributed by atoms with Crippen LogP contribution < -0.4 is 4.74 Å². The van der Waals surface area contributed by atoms with E-state index in [0.717, 1.165) is 34.6 Å². The van der Waals surface area contributed by atoms with Crippen molar-refractivity contribution >= 4 is 5.78 Å². The maximum atomic E-state index is 11.8. The van der Waals surface area contributed by atoms with Gasteiger partial charge in [-0.05, 0) is 24.6 Å². The maximum absolute atomic E-state index is 11.8. The minimum Gasteiger partial charge on any atom is -0.487 e. The van der Waals surface area contributed by atoms with Crippen molar-refractivity contribution in [2.45, 2.75) is 19.4 Å². The summed E-state index contributed by atoms with van der Waals surface area (Å²) >= 11 is 0. The number of fused-ring (bicyclic) bond motifs is 1. The lowest BCUT2D eigenvalue weighted by atomic mass is 10.1. The quantitative estimate of drug-likeness (QED) is 0.729. The summed E-state index contributed by atoms with van der Waals surface area (Å²) in [5, 5.41) is 0. The Morgan fingerprint density at radius 1 is 1.04 bits per heavy atom. The number of ketones is 1. The molecular formula is C19H15NO3. The molecule has 0 atom stereocenters. The largest absolute Gasteiger partial charge is 0.487 e. The Morgan fingerprint density at radius 3 is 2.78 bits per heavy atom. The molecule has 1 aromatic heterocycles. The van der Waals surface area contributed by atoms with Gasteiger partial charge in [0.25, 0.3) is 0 Å². The third kappa shape index (κ3) is 2.63. The molecule has 1 heterocycles. The molecule has 0 aliphatic heterocycles. The Labute approximate surface area is 133 Å². The molecule has 0 N–H and O–H groups in total. The highest BCUT2D eigenvalue weighted by atomic mass is 16.5. The van der Waals surface area contributed by atoms with Crippen LogP contribution in [0, 0.1) is 0 Å². The first-order chi connectivity index (χ1) is 11.3. The van der Waals surface area contributed by atoms with Crippen LogP contribution in [0.3, 0.4) is 0 Å². The first kappa shape index (κ1) is 13.8. The lowest BCUT2D eigenvalue weighted by molar-refractivity contribution is 0.0994. The predicted molar refractivity (Wildman–Crippen MR) is 85.4 cm³/mol. The molecule has 0 spiro atoms. The Hall–Kier alpha value is -2.88. The third-order valence-electron chi connectivity index (χ3n) is 3.98. The molecule has 0 saturated heterocycles. The highest BCUT2D eigenvalue weighted by Crippen LogP contribution is 2.31. The summed E-state index contributed by atoms with van der Waals surface area (Å²) in [6.45, 7) is 0.320. The van der Waals surface area contributed by atoms with Crippen molar-refractivity contribution in [3.8, 4) is 17.2 Å². The van der Waals surface area contributed by atoms with E-state index in [2.05, 4.69) is 4.98 Å². The molecule has 0 saturated carbocycles. The van der Waals surface area contributed by atoms with E-state index in [0.29, 0.717) is 18.9 Å². The molecule has 4 rings (SSSR count). The molecule has 0 fully saturated rings. The molecule has 2 aromatic carbocycles. The zero-order chi connectivity index (χ0) is 15.6. The van der Waals surface area contributed by atoms with Gasteiger partial charge in [0.05, 0.1) is 0 Å². The first-order valence-electron chi connectivity index (χ1n) is 7.59. The second-order valence-corrected chi connectivity index (χ2v) is 5.50. The van der Waals surface area contributed by atoms with E-state index in [1.165, 1.54) is 0 Å². The van der Waals surface area contributed by atoms with Crippen LogP contribution in [0.15, 0.2) is 59.2 Å². The fourth-order valence-electron chi connectivity index (χ4n) is 2.83. The lowest BCUT2D eigenvalue weighted by Crippen LogP contribution is -1.99. The molecule has 1 aliphatic carbocycles. The third-order valence-corrected chi connectivity index (χ3v) is 3.98. The molecular weight excluding hydrogens is 290 g/mol. The van der Waals surface area contributed by atoms with Gasteiger partial charge in [-0.2, -0.15) is 0 Å². The number of rotatable bonds is 4. The van der Waals surface area contributed by atoms with Gasteiger partial charge in [-0.25, -0.2) is 4.98 Å². The molecule has 23 heavy (non-hydrogen) atoms. The zero-order valence-electron chi connectivity index (χ0n) is 12.5. The van der Waals surface area contributed by atoms with Gasteiger partial charge in [-0.3, -0.25) is 4.79 Å². The number of Topliss-reactive ketones (excluding diaryl/α,β-unsaturated/α-hetero) is 1. The minimum absolute atomic E-state index is 0.193. The number of ether oxygens (including phenoxy) is 1. The minimum atomic E-state index is 0.193. The standard InChI is InChI=1S/C19H15NO3/c21-17-10-9-16-15(17)7-4-8-18(16)22-11-14-12-23-19(20-14)13-5-2-1-3-6-13/h1-8,12H,9-11H2. The fraction of sp³-hybridized carbons (Fsp3) is 0.158. The van der Waals surface area contributed by atoms with E-state index in [1.54, 1.807) is 6.26 Å². The Kier molecular flexibility index (Phi) is 3.42. The number of nitrogens with zero attached hydrogens (tertiary/aromatic N) is 1. The Bertz CT molecular complexity index is 852. The Balaban J connectivity index is 1.51. The van der Waals surface area contributed by atoms with Gasteiger partial charge in [-0.15, -0.1) is 0 Å². The second-order valence-electron chi connectivity index (χ2n) is 5.50. The average Bonchev–Trinajstić information content (AvgIpc) is 3.22. The van der Waals surface area contributed by atoms with Crippen LogP contribution in [0.5, 0.6) is 5.75 Å². The molecule has 4 heteroatoms. The molecule has 1 aliphatic rings. The van der Waals surface area contributed by atoms with Crippen molar-refractivity contribution < 1.29 is 13.9 Å². The first-order valence-corrected chi connectivity index (χ1v) is 7.59. The second kappa shape index (κ2) is 5.72. The van der Waals surface area contributed by atoms with E-state index in [1.807, 2.05) is 48.5 Å². The number of aromatic nitrogens is 1. The predicted octanol–water partition coefficient (Wildman–Crippen LogP) is 4.05. The number of carbonyl (C=O) groups excluding carboxylic acids is 1. The highest BCUT2D eigenvalue weighted by Gasteiger charge is 2.22. The van der Waals surface area contributed by atoms with Crippen LogP contribution in [0.25, 0.3) is 11.5 Å². The maximum Gasteiger partial charge on any atom is 0.226 e. The fourth-order valence-corrected chi connectivity index (χ4v) is 2.83. The summed E-state index contributed by atoms with van der Waals surface area (Å²) in [5.41, 5.74) is 3.45. The van der Waals surface area contributed by atoms with Crippen LogP contribution in [0.1, 0.15) is 28.0 Å². The summed E-state index contributed by atoms with van der Waals surface area (Å²) in [6, 6.07) is 15.4. The molecule has 4 nitrogen and oxygen atoms in total. The van der Waals surface area contributed by atoms with Crippen LogP contribution >= 0.6 is 0 Å². The van der Waals surface area contributed by atoms with Crippen molar-refractivity contribution in [3.05, 3.63) is 71.6 Å². The summed E-state index contributed by atoms with van der Waals surface area (Å²) in [7, 11) is 0. The van der Waals surface area contributed by atoms with Gasteiger partial charge in [0.2, 0.25) is 5.89 Å². The molecule has 0 unspecified atom stereocenters. The van der Waals surface area contributed by atoms with Crippen molar-refractivity contribution in [1.29, 1.82) is 0 Å². The lowest BCUT2D eigenvalue weighted by Gasteiger charge is -2.08. The molecule has 3 aromatic rings. The number of carbonyl (C=O) groups is 1. The van der Waals surface area contributed by atoms with Gasteiger partial charge in [-0.1, -0.05) is 30.3 Å². The monoisotopic (exact) mass is 305 g/mol. The van der Waals surface area contributed by atoms with Crippen LogP contribution in [0.2, 0.25) is 0 Å². The van der Waals surface area contributed by atoms with E-state index in [4.69, 9.17) is 9.15 Å². The summed E-state index contributed by atoms with van der Waals surface area (Å²) in [5.74, 6) is 1.54. The molecule has 0 bridgehead atoms. The summed E-state index contributed by atoms with van der Waals surface area (Å²) < 4.78 is 11.4. The average molecular weight is 305 g/mol. The van der Waals surface area contributed by atoms with Gasteiger partial charge >= 0.3 is 0 Å². The van der Waals surface area contributed by atoms with Gasteiger partial charge in [0, 0.05) is 23.1 Å². The van der Waals surface area contributed by atoms with Crippen molar-refractivity contribution in [3.63, 3.8) is 0 Å². The number of benzene rings is 2. The summed E-state index contributed by atoms with van der Waals surface area (Å²) in [6.07, 6.45) is 2.92. The molecule has 0 amide bonds. The van der Waals surface area contributed by atoms with Gasteiger partial charge in [0.15, 0.2) is 5.78 Å². The number of hydrogen-bond acceptors (Lipinski definition) is 4. The van der Waals surface area contributed by atoms with Crippen molar-refractivity contribution in [2.75, 3.05) is 0 Å². The van der Waals surface area contributed by atoms with E-state index in [-0.39, 0.29) is 5.78 Å². The molecule has 114 valence electrons. The normalized spacial score (nSPS) is 13.1. The van der Waals surface area contributed by atoms with Crippen molar-refractivity contribution in [2.24, 2.45) is 0 Å². The van der Waals surface area contributed by atoms with Crippen LogP contribution in [-0.4, -0.2) is 10.8 Å². The van der Waals surface area contributed by atoms with Gasteiger partial charge in [0.1, 0.15) is 24.3 Å². The van der Waals surface area contributed by atoms with E-state index < -0.39 is 0 Å². The highest BCUT2D eigenvalue weighted by molar-refractivity contribution is 6.01. The van der Waals surface area contributed by atoms with Crippen molar-refractivity contribution in [1.82, 2.24) is 4.98 Å².